The Hall–Kier alpha value is -1.02. The third-order valence-corrected chi connectivity index (χ3v) is 2.56. The number of ether oxygens (including phenoxy) is 1. The summed E-state index contributed by atoms with van der Waals surface area (Å²) < 4.78 is 5.33. The summed E-state index contributed by atoms with van der Waals surface area (Å²) in [5.74, 6) is 0.996. The molecule has 0 saturated heterocycles. The molecule has 0 unspecified atom stereocenters. The van der Waals surface area contributed by atoms with Crippen LogP contribution in [0.25, 0.3) is 0 Å². The largest absolute Gasteiger partial charge is 0.496 e. The van der Waals surface area contributed by atoms with Crippen molar-refractivity contribution < 1.29 is 4.74 Å². The molecule has 2 nitrogen and oxygen atoms in total. The van der Waals surface area contributed by atoms with E-state index in [0.29, 0.717) is 0 Å². The quantitative estimate of drug-likeness (QED) is 0.790. The molecule has 0 saturated carbocycles. The smallest absolute Gasteiger partial charge is 0.122 e. The van der Waals surface area contributed by atoms with E-state index in [2.05, 4.69) is 31.3 Å². The molecule has 1 aromatic rings. The van der Waals surface area contributed by atoms with Gasteiger partial charge in [-0.15, -0.1) is 0 Å². The highest BCUT2D eigenvalue weighted by Gasteiger charge is 2.03. The molecule has 0 radical (unpaired) electrons. The van der Waals surface area contributed by atoms with Gasteiger partial charge in [0, 0.05) is 0 Å². The molecule has 0 aliphatic carbocycles. The molecular weight excluding hydrogens is 174 g/mol. The topological polar surface area (TPSA) is 21.3 Å². The van der Waals surface area contributed by atoms with Gasteiger partial charge in [0.05, 0.1) is 7.11 Å². The minimum Gasteiger partial charge on any atom is -0.496 e. The Balaban J connectivity index is 2.91. The van der Waals surface area contributed by atoms with Gasteiger partial charge >= 0.3 is 0 Å². The van der Waals surface area contributed by atoms with Crippen molar-refractivity contribution in [1.29, 1.82) is 0 Å². The highest BCUT2D eigenvalue weighted by Crippen LogP contribution is 2.23. The van der Waals surface area contributed by atoms with Gasteiger partial charge in [-0.2, -0.15) is 0 Å². The maximum absolute atomic E-state index is 5.33. The van der Waals surface area contributed by atoms with E-state index in [9.17, 15) is 0 Å². The highest BCUT2D eigenvalue weighted by molar-refractivity contribution is 5.42. The zero-order valence-electron chi connectivity index (χ0n) is 9.48. The van der Waals surface area contributed by atoms with Crippen LogP contribution in [-0.2, 0) is 6.42 Å². The number of rotatable bonds is 4. The number of benzene rings is 1. The standard InChI is InChI=1S/C12H19NO/c1-9-7-11(5-6-13-3)8-12(14-4)10(9)2/h7-8,13H,5-6H2,1-4H3. The van der Waals surface area contributed by atoms with Crippen LogP contribution in [0.4, 0.5) is 0 Å². The first-order chi connectivity index (χ1) is 6.69. The molecule has 0 aliphatic heterocycles. The van der Waals surface area contributed by atoms with Crippen LogP contribution in [0.2, 0.25) is 0 Å². The van der Waals surface area contributed by atoms with Gasteiger partial charge in [-0.3, -0.25) is 0 Å². The lowest BCUT2D eigenvalue weighted by atomic mass is 10.0. The summed E-state index contributed by atoms with van der Waals surface area (Å²) in [7, 11) is 3.70. The maximum Gasteiger partial charge on any atom is 0.122 e. The Morgan fingerprint density at radius 1 is 1.29 bits per heavy atom. The summed E-state index contributed by atoms with van der Waals surface area (Å²) in [6.45, 7) is 5.22. The number of aryl methyl sites for hydroxylation is 1. The van der Waals surface area contributed by atoms with Gasteiger partial charge in [-0.05, 0) is 56.6 Å². The molecule has 0 heterocycles. The molecular formula is C12H19NO. The number of hydrogen-bond donors (Lipinski definition) is 1. The summed E-state index contributed by atoms with van der Waals surface area (Å²) in [5.41, 5.74) is 3.87. The SMILES string of the molecule is CNCCc1cc(C)c(C)c(OC)c1. The first-order valence-electron chi connectivity index (χ1n) is 4.97. The van der Waals surface area contributed by atoms with Crippen LogP contribution in [0.3, 0.4) is 0 Å². The first kappa shape index (κ1) is 11.1. The van der Waals surface area contributed by atoms with Crippen molar-refractivity contribution in [2.45, 2.75) is 20.3 Å². The van der Waals surface area contributed by atoms with Gasteiger partial charge in [-0.1, -0.05) is 6.07 Å². The van der Waals surface area contributed by atoms with E-state index in [1.807, 2.05) is 7.05 Å². The summed E-state index contributed by atoms with van der Waals surface area (Å²) in [4.78, 5) is 0. The number of hydrogen-bond acceptors (Lipinski definition) is 2. The first-order valence-corrected chi connectivity index (χ1v) is 4.97. The number of likely N-dealkylation sites (N-methyl/N-ethyl adjacent to an activating group) is 1. The van der Waals surface area contributed by atoms with Crippen LogP contribution in [0.5, 0.6) is 5.75 Å². The second kappa shape index (κ2) is 5.01. The van der Waals surface area contributed by atoms with E-state index < -0.39 is 0 Å². The second-order valence-corrected chi connectivity index (χ2v) is 3.59. The average molecular weight is 193 g/mol. The molecule has 14 heavy (non-hydrogen) atoms. The fraction of sp³-hybridized carbons (Fsp3) is 0.500. The molecule has 0 fully saturated rings. The predicted octanol–water partition coefficient (Wildman–Crippen LogP) is 2.07. The third kappa shape index (κ3) is 2.48. The zero-order valence-corrected chi connectivity index (χ0v) is 9.48. The second-order valence-electron chi connectivity index (χ2n) is 3.59. The van der Waals surface area contributed by atoms with Crippen molar-refractivity contribution in [3.8, 4) is 5.75 Å². The van der Waals surface area contributed by atoms with Gasteiger partial charge in [0.1, 0.15) is 5.75 Å². The molecule has 0 aromatic heterocycles. The molecule has 0 amide bonds. The molecule has 1 N–H and O–H groups in total. The fourth-order valence-electron chi connectivity index (χ4n) is 1.52. The number of methoxy groups -OCH3 is 1. The van der Waals surface area contributed by atoms with Crippen LogP contribution in [0, 0.1) is 13.8 Å². The fourth-order valence-corrected chi connectivity index (χ4v) is 1.52. The molecule has 0 spiro atoms. The van der Waals surface area contributed by atoms with Crippen LogP contribution in [0.1, 0.15) is 16.7 Å². The van der Waals surface area contributed by atoms with Gasteiger partial charge < -0.3 is 10.1 Å². The molecule has 1 rings (SSSR count). The van der Waals surface area contributed by atoms with Crippen LogP contribution < -0.4 is 10.1 Å². The lowest BCUT2D eigenvalue weighted by Crippen LogP contribution is -2.10. The van der Waals surface area contributed by atoms with Crippen LogP contribution in [-0.4, -0.2) is 20.7 Å². The third-order valence-electron chi connectivity index (χ3n) is 2.56. The van der Waals surface area contributed by atoms with Crippen molar-refractivity contribution in [2.24, 2.45) is 0 Å². The van der Waals surface area contributed by atoms with Crippen molar-refractivity contribution >= 4 is 0 Å². The molecule has 78 valence electrons. The Morgan fingerprint density at radius 3 is 2.57 bits per heavy atom. The highest BCUT2D eigenvalue weighted by atomic mass is 16.5. The summed E-state index contributed by atoms with van der Waals surface area (Å²) in [5, 5.41) is 3.15. The van der Waals surface area contributed by atoms with E-state index in [4.69, 9.17) is 4.74 Å². The lowest BCUT2D eigenvalue weighted by molar-refractivity contribution is 0.410. The maximum atomic E-state index is 5.33. The van der Waals surface area contributed by atoms with Crippen molar-refractivity contribution in [1.82, 2.24) is 5.32 Å². The molecule has 0 bridgehead atoms. The van der Waals surface area contributed by atoms with Gasteiger partial charge in [0.15, 0.2) is 0 Å². The van der Waals surface area contributed by atoms with E-state index in [-0.39, 0.29) is 0 Å². The monoisotopic (exact) mass is 193 g/mol. The van der Waals surface area contributed by atoms with Crippen LogP contribution >= 0.6 is 0 Å². The van der Waals surface area contributed by atoms with Gasteiger partial charge in [-0.25, -0.2) is 0 Å². The van der Waals surface area contributed by atoms with Gasteiger partial charge in [0.2, 0.25) is 0 Å². The molecule has 0 atom stereocenters. The normalized spacial score (nSPS) is 10.3. The summed E-state index contributed by atoms with van der Waals surface area (Å²) >= 11 is 0. The van der Waals surface area contributed by atoms with Crippen molar-refractivity contribution in [3.05, 3.63) is 28.8 Å². The van der Waals surface area contributed by atoms with E-state index >= 15 is 0 Å². The predicted molar refractivity (Wildman–Crippen MR) is 60.1 cm³/mol. The van der Waals surface area contributed by atoms with Crippen molar-refractivity contribution in [3.63, 3.8) is 0 Å². The van der Waals surface area contributed by atoms with Crippen LogP contribution in [0.15, 0.2) is 12.1 Å². The summed E-state index contributed by atoms with van der Waals surface area (Å²) in [6.07, 6.45) is 1.05. The Kier molecular flexibility index (Phi) is 3.96. The van der Waals surface area contributed by atoms with E-state index in [1.54, 1.807) is 7.11 Å². The van der Waals surface area contributed by atoms with E-state index in [1.165, 1.54) is 16.7 Å². The Bertz CT molecular complexity index is 307. The Morgan fingerprint density at radius 2 is 2.00 bits per heavy atom. The zero-order chi connectivity index (χ0) is 10.6. The Labute approximate surface area is 86.3 Å². The van der Waals surface area contributed by atoms with Crippen molar-refractivity contribution in [2.75, 3.05) is 20.7 Å². The van der Waals surface area contributed by atoms with Gasteiger partial charge in [0.25, 0.3) is 0 Å². The average Bonchev–Trinajstić information content (AvgIpc) is 2.19. The lowest BCUT2D eigenvalue weighted by Gasteiger charge is -2.10. The van der Waals surface area contributed by atoms with E-state index in [0.717, 1.165) is 18.7 Å². The minimum atomic E-state index is 0.996. The number of nitrogens with one attached hydrogen (secondary N) is 1. The molecule has 1 aromatic carbocycles. The summed E-state index contributed by atoms with van der Waals surface area (Å²) in [6, 6.07) is 4.36. The minimum absolute atomic E-state index is 0.996. The molecule has 2 heteroatoms. The molecule has 0 aliphatic rings.